The molecule has 0 saturated carbocycles. The predicted octanol–water partition coefficient (Wildman–Crippen LogP) is -0.917. The quantitative estimate of drug-likeness (QED) is 0.537. The topological polar surface area (TPSA) is 101 Å². The Hall–Kier alpha value is -0.660. The number of carbonyl (C=O) groups excluding carboxylic acids is 1. The van der Waals surface area contributed by atoms with Gasteiger partial charge >= 0.3 is 0 Å². The van der Waals surface area contributed by atoms with Gasteiger partial charge in [-0.2, -0.15) is 0 Å². The fourth-order valence-corrected chi connectivity index (χ4v) is 0.867. The van der Waals surface area contributed by atoms with E-state index in [1.807, 2.05) is 10.3 Å². The Balaban J connectivity index is 4.29. The van der Waals surface area contributed by atoms with Crippen LogP contribution in [0.3, 0.4) is 0 Å². The SMILES string of the molecule is CC(C)S(=O)(=O)NNC(=O)C(C)(C)N. The van der Waals surface area contributed by atoms with Gasteiger partial charge in [0.25, 0.3) is 5.91 Å². The van der Waals surface area contributed by atoms with Gasteiger partial charge in [0.1, 0.15) is 0 Å². The lowest BCUT2D eigenvalue weighted by Gasteiger charge is -2.18. The summed E-state index contributed by atoms with van der Waals surface area (Å²) < 4.78 is 22.4. The Labute approximate surface area is 84.3 Å². The van der Waals surface area contributed by atoms with Gasteiger partial charge in [0.05, 0.1) is 10.8 Å². The van der Waals surface area contributed by atoms with Gasteiger partial charge in [-0.05, 0) is 27.7 Å². The second kappa shape index (κ2) is 4.24. The van der Waals surface area contributed by atoms with E-state index in [2.05, 4.69) is 0 Å². The van der Waals surface area contributed by atoms with Crippen molar-refractivity contribution < 1.29 is 13.2 Å². The molecule has 0 rings (SSSR count). The first-order valence-electron chi connectivity index (χ1n) is 4.17. The molecule has 0 bridgehead atoms. The monoisotopic (exact) mass is 223 g/mol. The molecule has 0 aliphatic rings. The average Bonchev–Trinajstić information content (AvgIpc) is 1.98. The minimum atomic E-state index is -3.49. The van der Waals surface area contributed by atoms with Crippen molar-refractivity contribution >= 4 is 15.9 Å². The van der Waals surface area contributed by atoms with Crippen LogP contribution in [0.2, 0.25) is 0 Å². The zero-order valence-electron chi connectivity index (χ0n) is 8.79. The first-order valence-corrected chi connectivity index (χ1v) is 5.72. The third-order valence-corrected chi connectivity index (χ3v) is 3.14. The van der Waals surface area contributed by atoms with Crippen LogP contribution in [0, 0.1) is 0 Å². The molecule has 0 radical (unpaired) electrons. The third kappa shape index (κ3) is 4.03. The van der Waals surface area contributed by atoms with E-state index in [-0.39, 0.29) is 0 Å². The summed E-state index contributed by atoms with van der Waals surface area (Å²) in [5.74, 6) is -0.582. The van der Waals surface area contributed by atoms with Crippen LogP contribution in [-0.4, -0.2) is 25.1 Å². The Bertz CT molecular complexity index is 303. The summed E-state index contributed by atoms with van der Waals surface area (Å²) in [5.41, 5.74) is 6.37. The van der Waals surface area contributed by atoms with Crippen molar-refractivity contribution in [3.8, 4) is 0 Å². The molecule has 0 aliphatic heterocycles. The van der Waals surface area contributed by atoms with Crippen LogP contribution in [0.1, 0.15) is 27.7 Å². The maximum Gasteiger partial charge on any atom is 0.254 e. The van der Waals surface area contributed by atoms with E-state index in [0.717, 1.165) is 0 Å². The molecule has 4 N–H and O–H groups in total. The Kier molecular flexibility index (Phi) is 4.04. The van der Waals surface area contributed by atoms with Crippen LogP contribution in [0.15, 0.2) is 0 Å². The van der Waals surface area contributed by atoms with Crippen molar-refractivity contribution in [3.63, 3.8) is 0 Å². The lowest BCUT2D eigenvalue weighted by Crippen LogP contribution is -2.55. The number of carbonyl (C=O) groups is 1. The van der Waals surface area contributed by atoms with Crippen molar-refractivity contribution in [2.24, 2.45) is 5.73 Å². The Morgan fingerprint density at radius 2 is 1.79 bits per heavy atom. The first kappa shape index (κ1) is 13.3. The third-order valence-electron chi connectivity index (χ3n) is 1.51. The largest absolute Gasteiger partial charge is 0.318 e. The van der Waals surface area contributed by atoms with Gasteiger partial charge in [0.15, 0.2) is 0 Å². The number of rotatable bonds is 4. The Morgan fingerprint density at radius 3 is 2.07 bits per heavy atom. The Morgan fingerprint density at radius 1 is 1.36 bits per heavy atom. The van der Waals surface area contributed by atoms with E-state index in [0.29, 0.717) is 0 Å². The van der Waals surface area contributed by atoms with Gasteiger partial charge in [-0.3, -0.25) is 10.2 Å². The molecule has 0 spiro atoms. The van der Waals surface area contributed by atoms with Crippen molar-refractivity contribution in [2.75, 3.05) is 0 Å². The van der Waals surface area contributed by atoms with Crippen LogP contribution in [0.25, 0.3) is 0 Å². The lowest BCUT2D eigenvalue weighted by atomic mass is 10.1. The molecule has 0 aromatic heterocycles. The fourth-order valence-electron chi connectivity index (χ4n) is 0.396. The molecule has 0 atom stereocenters. The highest BCUT2D eigenvalue weighted by molar-refractivity contribution is 7.90. The average molecular weight is 223 g/mol. The molecule has 0 aliphatic carbocycles. The van der Waals surface area contributed by atoms with Gasteiger partial charge in [0, 0.05) is 0 Å². The number of nitrogens with two attached hydrogens (primary N) is 1. The molecule has 6 nitrogen and oxygen atoms in total. The zero-order chi connectivity index (χ0) is 11.6. The standard InChI is InChI=1S/C7H17N3O3S/c1-5(2)14(12,13)10-9-6(11)7(3,4)8/h5,10H,8H2,1-4H3,(H,9,11). The van der Waals surface area contributed by atoms with Gasteiger partial charge < -0.3 is 5.73 Å². The predicted molar refractivity (Wildman–Crippen MR) is 53.6 cm³/mol. The number of hydrogen-bond acceptors (Lipinski definition) is 4. The second-order valence-corrected chi connectivity index (χ2v) is 6.11. The van der Waals surface area contributed by atoms with Crippen LogP contribution in [0.5, 0.6) is 0 Å². The maximum absolute atomic E-state index is 11.2. The van der Waals surface area contributed by atoms with Crippen LogP contribution < -0.4 is 16.0 Å². The highest BCUT2D eigenvalue weighted by Crippen LogP contribution is 1.97. The number of hydrazine groups is 1. The van der Waals surface area contributed by atoms with Crippen LogP contribution in [0.4, 0.5) is 0 Å². The molecule has 0 aromatic rings. The molecule has 0 fully saturated rings. The van der Waals surface area contributed by atoms with Gasteiger partial charge in [-0.1, -0.05) is 0 Å². The van der Waals surface area contributed by atoms with Gasteiger partial charge in [-0.15, -0.1) is 4.83 Å². The van der Waals surface area contributed by atoms with Crippen molar-refractivity contribution in [1.82, 2.24) is 10.3 Å². The number of sulfonamides is 1. The molecule has 0 aromatic carbocycles. The van der Waals surface area contributed by atoms with Crippen LogP contribution in [-0.2, 0) is 14.8 Å². The molecular weight excluding hydrogens is 206 g/mol. The first-order chi connectivity index (χ1) is 6.07. The number of nitrogens with one attached hydrogen (secondary N) is 2. The summed E-state index contributed by atoms with van der Waals surface area (Å²) in [5, 5.41) is -0.608. The highest BCUT2D eigenvalue weighted by atomic mass is 32.2. The number of hydrogen-bond donors (Lipinski definition) is 3. The van der Waals surface area contributed by atoms with Gasteiger partial charge in [0.2, 0.25) is 10.0 Å². The van der Waals surface area contributed by atoms with E-state index < -0.39 is 26.7 Å². The second-order valence-electron chi connectivity index (χ2n) is 3.87. The summed E-state index contributed by atoms with van der Waals surface area (Å²) in [6.45, 7) is 5.96. The summed E-state index contributed by atoms with van der Waals surface area (Å²) in [7, 11) is -3.49. The number of amides is 1. The molecule has 0 heterocycles. The zero-order valence-corrected chi connectivity index (χ0v) is 9.60. The minimum Gasteiger partial charge on any atom is -0.318 e. The molecular formula is C7H17N3O3S. The molecule has 84 valence electrons. The van der Waals surface area contributed by atoms with E-state index in [4.69, 9.17) is 5.73 Å². The van der Waals surface area contributed by atoms with E-state index in [1.54, 1.807) is 0 Å². The molecule has 0 saturated heterocycles. The maximum atomic E-state index is 11.2. The van der Waals surface area contributed by atoms with E-state index in [9.17, 15) is 13.2 Å². The van der Waals surface area contributed by atoms with Crippen molar-refractivity contribution in [1.29, 1.82) is 0 Å². The van der Waals surface area contributed by atoms with E-state index >= 15 is 0 Å². The summed E-state index contributed by atoms with van der Waals surface area (Å²) in [6.07, 6.45) is 0. The van der Waals surface area contributed by atoms with Gasteiger partial charge in [-0.25, -0.2) is 8.42 Å². The van der Waals surface area contributed by atoms with E-state index in [1.165, 1.54) is 27.7 Å². The summed E-state index contributed by atoms with van der Waals surface area (Å²) >= 11 is 0. The molecule has 1 amide bonds. The lowest BCUT2D eigenvalue weighted by molar-refractivity contribution is -0.125. The normalized spacial score (nSPS) is 13.0. The van der Waals surface area contributed by atoms with Crippen molar-refractivity contribution in [2.45, 2.75) is 38.5 Å². The van der Waals surface area contributed by atoms with Crippen LogP contribution >= 0.6 is 0 Å². The van der Waals surface area contributed by atoms with Crippen molar-refractivity contribution in [3.05, 3.63) is 0 Å². The highest BCUT2D eigenvalue weighted by Gasteiger charge is 2.24. The molecule has 0 unspecified atom stereocenters. The summed E-state index contributed by atoms with van der Waals surface area (Å²) in [4.78, 5) is 13.1. The summed E-state index contributed by atoms with van der Waals surface area (Å²) in [6, 6.07) is 0. The minimum absolute atomic E-state index is 0.582. The molecule has 7 heteroatoms. The molecule has 14 heavy (non-hydrogen) atoms. The fraction of sp³-hybridized carbons (Fsp3) is 0.857. The smallest absolute Gasteiger partial charge is 0.254 e.